The number of benzene rings is 2. The van der Waals surface area contributed by atoms with Crippen LogP contribution in [-0.4, -0.2) is 26.4 Å². The van der Waals surface area contributed by atoms with Gasteiger partial charge in [-0.1, -0.05) is 36.0 Å². The van der Waals surface area contributed by atoms with Crippen LogP contribution in [0.15, 0.2) is 53.0 Å². The predicted octanol–water partition coefficient (Wildman–Crippen LogP) is 5.95. The van der Waals surface area contributed by atoms with Crippen molar-refractivity contribution in [1.29, 1.82) is 0 Å². The summed E-state index contributed by atoms with van der Waals surface area (Å²) in [6.07, 6.45) is 1.81. The lowest BCUT2D eigenvalue weighted by Crippen LogP contribution is -2.02. The van der Waals surface area contributed by atoms with Crippen molar-refractivity contribution < 1.29 is 9.90 Å². The van der Waals surface area contributed by atoms with Crippen molar-refractivity contribution in [2.75, 3.05) is 5.75 Å². The van der Waals surface area contributed by atoms with E-state index in [0.717, 1.165) is 34.9 Å². The molecule has 0 aliphatic heterocycles. The number of aliphatic carboxylic acids is 1. The maximum Gasteiger partial charge on any atom is 0.303 e. The number of fused-ring (bicyclic) bond motifs is 2. The summed E-state index contributed by atoms with van der Waals surface area (Å²) in [4.78, 5) is 15.5. The number of hydrogen-bond donors (Lipinski definition) is 1. The fraction of sp³-hybridized carbons (Fsp3) is 0.273. The minimum Gasteiger partial charge on any atom is -0.481 e. The van der Waals surface area contributed by atoms with Crippen LogP contribution < -0.4 is 0 Å². The van der Waals surface area contributed by atoms with Gasteiger partial charge in [-0.2, -0.15) is 0 Å². The number of aryl methyl sites for hydroxylation is 1. The molecule has 28 heavy (non-hydrogen) atoms. The summed E-state index contributed by atoms with van der Waals surface area (Å²) in [5, 5.41) is 13.4. The second kappa shape index (κ2) is 8.37. The van der Waals surface area contributed by atoms with Crippen LogP contribution in [0.5, 0.6) is 0 Å². The number of imidazole rings is 1. The normalized spacial score (nSPS) is 11.5. The zero-order valence-corrected chi connectivity index (χ0v) is 17.4. The highest BCUT2D eigenvalue weighted by Crippen LogP contribution is 2.32. The topological polar surface area (TPSA) is 55.1 Å². The Labute approximate surface area is 172 Å². The van der Waals surface area contributed by atoms with E-state index in [9.17, 15) is 4.79 Å². The van der Waals surface area contributed by atoms with Crippen molar-refractivity contribution in [3.8, 4) is 0 Å². The highest BCUT2D eigenvalue weighted by atomic mass is 32.2. The first kappa shape index (κ1) is 19.0. The zero-order valence-electron chi connectivity index (χ0n) is 15.7. The molecule has 4 nitrogen and oxygen atoms in total. The largest absolute Gasteiger partial charge is 0.481 e. The number of carbonyl (C=O) groups is 1. The Morgan fingerprint density at radius 2 is 2.04 bits per heavy atom. The Morgan fingerprint density at radius 1 is 1.18 bits per heavy atom. The van der Waals surface area contributed by atoms with Crippen molar-refractivity contribution in [3.05, 3.63) is 59.0 Å². The maximum absolute atomic E-state index is 10.7. The molecule has 0 spiro atoms. The zero-order chi connectivity index (χ0) is 19.5. The number of unbranched alkanes of at least 4 members (excludes halogenated alkanes) is 1. The average molecular weight is 411 g/mol. The van der Waals surface area contributed by atoms with E-state index in [4.69, 9.17) is 10.1 Å². The van der Waals surface area contributed by atoms with Gasteiger partial charge in [-0.25, -0.2) is 4.98 Å². The summed E-state index contributed by atoms with van der Waals surface area (Å²) in [5.74, 6) is 0.150. The van der Waals surface area contributed by atoms with E-state index in [2.05, 4.69) is 53.3 Å². The summed E-state index contributed by atoms with van der Waals surface area (Å²) in [6, 6.07) is 14.7. The SMILES string of the molecule is Cc1cccc2scc(Cn3c(SCCCCC(=O)O)nc4ccccc43)c12. The lowest BCUT2D eigenvalue weighted by molar-refractivity contribution is -0.137. The maximum atomic E-state index is 10.7. The number of thiophene rings is 1. The molecule has 0 saturated carbocycles. The van der Waals surface area contributed by atoms with Crippen LogP contribution in [0.1, 0.15) is 30.4 Å². The first-order valence-electron chi connectivity index (χ1n) is 9.39. The highest BCUT2D eigenvalue weighted by Gasteiger charge is 2.14. The number of nitrogens with zero attached hydrogens (tertiary/aromatic N) is 2. The van der Waals surface area contributed by atoms with Gasteiger partial charge in [-0.05, 0) is 54.5 Å². The van der Waals surface area contributed by atoms with Crippen molar-refractivity contribution in [1.82, 2.24) is 9.55 Å². The summed E-state index contributed by atoms with van der Waals surface area (Å²) >= 11 is 3.51. The van der Waals surface area contributed by atoms with E-state index in [0.29, 0.717) is 6.42 Å². The number of rotatable bonds is 8. The van der Waals surface area contributed by atoms with E-state index in [1.165, 1.54) is 21.2 Å². The summed E-state index contributed by atoms with van der Waals surface area (Å²) in [7, 11) is 0. The Bertz CT molecular complexity index is 1130. The monoisotopic (exact) mass is 410 g/mol. The van der Waals surface area contributed by atoms with E-state index in [-0.39, 0.29) is 6.42 Å². The van der Waals surface area contributed by atoms with Gasteiger partial charge in [0.05, 0.1) is 17.6 Å². The molecule has 0 bridgehead atoms. The second-order valence-corrected chi connectivity index (χ2v) is 8.85. The Balaban J connectivity index is 1.62. The summed E-state index contributed by atoms with van der Waals surface area (Å²) in [6.45, 7) is 2.96. The van der Waals surface area contributed by atoms with Gasteiger partial charge in [0.15, 0.2) is 5.16 Å². The molecule has 6 heteroatoms. The van der Waals surface area contributed by atoms with Crippen molar-refractivity contribution in [3.63, 3.8) is 0 Å². The van der Waals surface area contributed by atoms with E-state index < -0.39 is 5.97 Å². The van der Waals surface area contributed by atoms with E-state index >= 15 is 0 Å². The minimum atomic E-state index is -0.725. The third-order valence-corrected chi connectivity index (χ3v) is 6.91. The fourth-order valence-electron chi connectivity index (χ4n) is 3.49. The molecule has 0 unspecified atom stereocenters. The minimum absolute atomic E-state index is 0.233. The van der Waals surface area contributed by atoms with Crippen molar-refractivity contribution >= 4 is 50.2 Å². The Hall–Kier alpha value is -2.31. The van der Waals surface area contributed by atoms with Crippen LogP contribution in [0, 0.1) is 6.92 Å². The van der Waals surface area contributed by atoms with Crippen LogP contribution in [-0.2, 0) is 11.3 Å². The number of thioether (sulfide) groups is 1. The standard InChI is InChI=1S/C22H22N2O2S2/c1-15-7-6-10-19-21(15)16(14-28-19)13-24-18-9-3-2-8-17(18)23-22(24)27-12-5-4-11-20(25)26/h2-3,6-10,14H,4-5,11-13H2,1H3,(H,25,26). The van der Waals surface area contributed by atoms with E-state index in [1.54, 1.807) is 23.1 Å². The van der Waals surface area contributed by atoms with Gasteiger partial charge in [-0.3, -0.25) is 4.79 Å². The molecule has 0 aliphatic carbocycles. The number of hydrogen-bond acceptors (Lipinski definition) is 4. The van der Waals surface area contributed by atoms with Gasteiger partial charge in [0, 0.05) is 22.3 Å². The highest BCUT2D eigenvalue weighted by molar-refractivity contribution is 7.99. The summed E-state index contributed by atoms with van der Waals surface area (Å²) < 4.78 is 3.62. The molecule has 0 fully saturated rings. The molecule has 0 atom stereocenters. The average Bonchev–Trinajstić information content (AvgIpc) is 3.24. The van der Waals surface area contributed by atoms with Crippen molar-refractivity contribution in [2.45, 2.75) is 37.9 Å². The molecular weight excluding hydrogens is 388 g/mol. The Morgan fingerprint density at radius 3 is 2.89 bits per heavy atom. The first-order valence-corrected chi connectivity index (χ1v) is 11.3. The van der Waals surface area contributed by atoms with Gasteiger partial charge in [0.2, 0.25) is 0 Å². The second-order valence-electron chi connectivity index (χ2n) is 6.88. The van der Waals surface area contributed by atoms with Crippen molar-refractivity contribution in [2.24, 2.45) is 0 Å². The summed E-state index contributed by atoms with van der Waals surface area (Å²) in [5.41, 5.74) is 4.78. The number of aromatic nitrogens is 2. The lowest BCUT2D eigenvalue weighted by Gasteiger charge is -2.09. The molecule has 2 heterocycles. The molecule has 144 valence electrons. The third kappa shape index (κ3) is 3.93. The molecule has 4 aromatic rings. The number of para-hydroxylation sites is 2. The van der Waals surface area contributed by atoms with Gasteiger partial charge in [-0.15, -0.1) is 11.3 Å². The third-order valence-electron chi connectivity index (χ3n) is 4.85. The van der Waals surface area contributed by atoms with Crippen LogP contribution in [0.2, 0.25) is 0 Å². The number of carboxylic acids is 1. The molecule has 0 aliphatic rings. The molecular formula is C22H22N2O2S2. The molecule has 0 amide bonds. The molecule has 2 aromatic heterocycles. The molecule has 1 N–H and O–H groups in total. The van der Waals surface area contributed by atoms with Crippen LogP contribution in [0.3, 0.4) is 0 Å². The van der Waals surface area contributed by atoms with Crippen LogP contribution >= 0.6 is 23.1 Å². The smallest absolute Gasteiger partial charge is 0.303 e. The molecule has 0 saturated heterocycles. The molecule has 2 aromatic carbocycles. The van der Waals surface area contributed by atoms with Gasteiger partial charge in [0.1, 0.15) is 0 Å². The van der Waals surface area contributed by atoms with Gasteiger partial charge >= 0.3 is 5.97 Å². The fourth-order valence-corrected chi connectivity index (χ4v) is 5.53. The van der Waals surface area contributed by atoms with Crippen LogP contribution in [0.25, 0.3) is 21.1 Å². The Kier molecular flexibility index (Phi) is 5.69. The van der Waals surface area contributed by atoms with Gasteiger partial charge < -0.3 is 9.67 Å². The number of carboxylic acid groups (broad SMARTS) is 1. The van der Waals surface area contributed by atoms with Gasteiger partial charge in [0.25, 0.3) is 0 Å². The molecule has 0 radical (unpaired) electrons. The molecule has 4 rings (SSSR count). The van der Waals surface area contributed by atoms with E-state index in [1.807, 2.05) is 6.07 Å². The predicted molar refractivity (Wildman–Crippen MR) is 118 cm³/mol. The van der Waals surface area contributed by atoms with Crippen LogP contribution in [0.4, 0.5) is 0 Å². The first-order chi connectivity index (χ1) is 13.6. The quantitative estimate of drug-likeness (QED) is 0.288. The lowest BCUT2D eigenvalue weighted by atomic mass is 10.1.